The Morgan fingerprint density at radius 1 is 0.533 bits per heavy atom. The lowest BCUT2D eigenvalue weighted by Gasteiger charge is -2.09. The van der Waals surface area contributed by atoms with Crippen LogP contribution in [0, 0.1) is 20.2 Å². The van der Waals surface area contributed by atoms with Gasteiger partial charge < -0.3 is 30.1 Å². The first-order valence-electron chi connectivity index (χ1n) is 13.4. The van der Waals surface area contributed by atoms with Crippen molar-refractivity contribution in [1.82, 2.24) is 19.9 Å². The van der Waals surface area contributed by atoms with Gasteiger partial charge in [-0.1, -0.05) is 12.1 Å². The number of phenolic OH excluding ortho intramolecular Hbond substituents is 2. The van der Waals surface area contributed by atoms with Crippen molar-refractivity contribution in [2.75, 3.05) is 0 Å². The molecule has 5 heterocycles. The number of rotatable bonds is 4. The SMILES string of the molecule is Cl.O=[N+]([O-])c1cc(C2=c3ccc([nH]3)=Cc3ccc([nH]3)C=c3ccc([nH]3)=C(c3ccc(O)c([N+](=O)[O-])c3)c3ccc2[nH]3)ccc1O. The highest BCUT2D eigenvalue weighted by Gasteiger charge is 2.21. The lowest BCUT2D eigenvalue weighted by atomic mass is 10.0. The molecule has 0 saturated carbocycles. The number of aromatic nitrogens is 4. The Labute approximate surface area is 258 Å². The molecular formula is C32H23ClN6O6. The Balaban J connectivity index is 0.00000357. The number of halogens is 1. The standard InChI is InChI=1S/C32H22N6O6.ClH/c39-29-11-1-17(13-27(29)37(41)42)31-23-7-5-21(34-23)15-19-3-4-20(33-19)16-22-6-8-24(35-22)32(26-10-9-25(31)36-26)18-2-12-30(40)28(14-18)38(43)44;/h1-16,33-36,39-40H;1H. The maximum Gasteiger partial charge on any atom is 0.311 e. The van der Waals surface area contributed by atoms with E-state index in [-0.39, 0.29) is 12.4 Å². The number of fused-ring (bicyclic) bond motifs is 8. The van der Waals surface area contributed by atoms with Gasteiger partial charge in [0.2, 0.25) is 0 Å². The summed E-state index contributed by atoms with van der Waals surface area (Å²) in [5, 5.41) is 46.6. The number of nitro groups is 2. The summed E-state index contributed by atoms with van der Waals surface area (Å²) in [7, 11) is 0. The third kappa shape index (κ3) is 5.26. The fourth-order valence-corrected chi connectivity index (χ4v) is 5.47. The van der Waals surface area contributed by atoms with Crippen molar-refractivity contribution in [2.24, 2.45) is 0 Å². The van der Waals surface area contributed by atoms with Gasteiger partial charge in [0.15, 0.2) is 11.5 Å². The van der Waals surface area contributed by atoms with Crippen molar-refractivity contribution >= 4 is 47.1 Å². The van der Waals surface area contributed by atoms with Gasteiger partial charge in [0, 0.05) is 67.5 Å². The molecule has 6 N–H and O–H groups in total. The topological polar surface area (TPSA) is 190 Å². The lowest BCUT2D eigenvalue weighted by Crippen LogP contribution is -2.16. The maximum atomic E-state index is 11.7. The molecule has 1 aliphatic rings. The van der Waals surface area contributed by atoms with Crippen molar-refractivity contribution in [2.45, 2.75) is 0 Å². The zero-order valence-electron chi connectivity index (χ0n) is 23.1. The van der Waals surface area contributed by atoms with E-state index in [2.05, 4.69) is 19.9 Å². The molecule has 0 saturated heterocycles. The highest BCUT2D eigenvalue weighted by atomic mass is 35.5. The Bertz CT molecular complexity index is 2230. The molecule has 224 valence electrons. The number of nitrogens with zero attached hydrogens (tertiary/aromatic N) is 2. The van der Waals surface area contributed by atoms with Crippen LogP contribution >= 0.6 is 12.4 Å². The molecule has 7 rings (SSSR count). The molecule has 4 aromatic heterocycles. The highest BCUT2D eigenvalue weighted by molar-refractivity contribution is 5.85. The van der Waals surface area contributed by atoms with E-state index in [1.54, 1.807) is 12.1 Å². The van der Waals surface area contributed by atoms with Crippen LogP contribution < -0.4 is 21.4 Å². The number of aromatic hydroxyl groups is 2. The molecule has 12 nitrogen and oxygen atoms in total. The molecule has 0 aliphatic carbocycles. The number of phenols is 2. The minimum atomic E-state index is -0.644. The smallest absolute Gasteiger partial charge is 0.311 e. The second-order valence-corrected chi connectivity index (χ2v) is 10.3. The van der Waals surface area contributed by atoms with Crippen LogP contribution in [-0.4, -0.2) is 40.0 Å². The summed E-state index contributed by atoms with van der Waals surface area (Å²) in [6.45, 7) is 0. The van der Waals surface area contributed by atoms with Crippen LogP contribution in [0.4, 0.5) is 11.4 Å². The minimum absolute atomic E-state index is 0. The van der Waals surface area contributed by atoms with E-state index in [1.165, 1.54) is 24.3 Å². The van der Waals surface area contributed by atoms with E-state index in [1.807, 2.05) is 60.7 Å². The molecule has 13 heteroatoms. The number of hydrogen-bond donors (Lipinski definition) is 6. The number of nitro benzene ring substituents is 2. The quantitative estimate of drug-likeness (QED) is 0.129. The second kappa shape index (κ2) is 11.1. The van der Waals surface area contributed by atoms with Gasteiger partial charge >= 0.3 is 11.4 Å². The van der Waals surface area contributed by atoms with Crippen LogP contribution in [0.15, 0.2) is 84.9 Å². The van der Waals surface area contributed by atoms with Crippen molar-refractivity contribution < 1.29 is 20.1 Å². The molecule has 0 amide bonds. The summed E-state index contributed by atoms with van der Waals surface area (Å²) in [6, 6.07) is 23.4. The van der Waals surface area contributed by atoms with Gasteiger partial charge in [-0.2, -0.15) is 0 Å². The van der Waals surface area contributed by atoms with Crippen LogP contribution in [0.3, 0.4) is 0 Å². The Morgan fingerprint density at radius 3 is 1.40 bits per heavy atom. The van der Waals surface area contributed by atoms with Crippen molar-refractivity contribution in [3.63, 3.8) is 0 Å². The molecule has 0 atom stereocenters. The summed E-state index contributed by atoms with van der Waals surface area (Å²) >= 11 is 0. The Kier molecular flexibility index (Phi) is 7.11. The summed E-state index contributed by atoms with van der Waals surface area (Å²) in [5.74, 6) is -0.904. The predicted molar refractivity (Wildman–Crippen MR) is 169 cm³/mol. The van der Waals surface area contributed by atoms with Gasteiger partial charge in [-0.15, -0.1) is 12.4 Å². The molecule has 45 heavy (non-hydrogen) atoms. The first-order valence-corrected chi connectivity index (χ1v) is 13.4. The summed E-state index contributed by atoms with van der Waals surface area (Å²) < 4.78 is 0. The second-order valence-electron chi connectivity index (χ2n) is 10.3. The first kappa shape index (κ1) is 28.8. The van der Waals surface area contributed by atoms with Crippen LogP contribution in [0.1, 0.15) is 33.9 Å². The predicted octanol–water partition coefficient (Wildman–Crippen LogP) is 3.11. The lowest BCUT2D eigenvalue weighted by molar-refractivity contribution is -0.386. The zero-order valence-corrected chi connectivity index (χ0v) is 23.9. The molecule has 8 bridgehead atoms. The van der Waals surface area contributed by atoms with Gasteiger partial charge in [0.05, 0.1) is 9.85 Å². The molecule has 0 radical (unpaired) electrons. The largest absolute Gasteiger partial charge is 0.502 e. The van der Waals surface area contributed by atoms with Crippen molar-refractivity contribution in [1.29, 1.82) is 0 Å². The fourth-order valence-electron chi connectivity index (χ4n) is 5.47. The van der Waals surface area contributed by atoms with E-state index in [0.29, 0.717) is 44.4 Å². The third-order valence-corrected chi connectivity index (χ3v) is 7.46. The van der Waals surface area contributed by atoms with E-state index in [9.17, 15) is 30.4 Å². The molecular weight excluding hydrogens is 600 g/mol. The summed E-state index contributed by atoms with van der Waals surface area (Å²) in [6.07, 6.45) is 3.88. The number of hydrogen-bond acceptors (Lipinski definition) is 6. The first-order chi connectivity index (χ1) is 21.2. The molecule has 0 unspecified atom stereocenters. The number of H-pyrrole nitrogens is 4. The van der Waals surface area contributed by atoms with Crippen LogP contribution in [-0.2, 0) is 0 Å². The highest BCUT2D eigenvalue weighted by Crippen LogP contribution is 2.33. The van der Waals surface area contributed by atoms with Gasteiger partial charge in [0.25, 0.3) is 0 Å². The summed E-state index contributed by atoms with van der Waals surface area (Å²) in [5.41, 5.74) is 4.11. The van der Waals surface area contributed by atoms with E-state index in [0.717, 1.165) is 22.1 Å². The van der Waals surface area contributed by atoms with E-state index < -0.39 is 32.7 Å². The molecule has 2 aromatic carbocycles. The molecule has 6 aromatic rings. The zero-order chi connectivity index (χ0) is 30.5. The maximum absolute atomic E-state index is 11.7. The Morgan fingerprint density at radius 2 is 0.978 bits per heavy atom. The molecule has 0 fully saturated rings. The average Bonchev–Trinajstić information content (AvgIpc) is 3.81. The van der Waals surface area contributed by atoms with Crippen LogP contribution in [0.5, 0.6) is 11.5 Å². The van der Waals surface area contributed by atoms with Gasteiger partial charge in [0.1, 0.15) is 0 Å². The monoisotopic (exact) mass is 622 g/mol. The summed E-state index contributed by atoms with van der Waals surface area (Å²) in [4.78, 5) is 35.7. The number of nitrogens with one attached hydrogen (secondary N) is 4. The van der Waals surface area contributed by atoms with Crippen molar-refractivity contribution in [3.05, 3.63) is 160 Å². The van der Waals surface area contributed by atoms with E-state index >= 15 is 0 Å². The van der Waals surface area contributed by atoms with E-state index in [4.69, 9.17) is 0 Å². The fraction of sp³-hybridized carbons (Fsp3) is 0. The number of aromatic amines is 4. The van der Waals surface area contributed by atoms with Crippen molar-refractivity contribution in [3.8, 4) is 11.5 Å². The molecule has 0 spiro atoms. The number of benzene rings is 2. The van der Waals surface area contributed by atoms with Crippen LogP contribution in [0.2, 0.25) is 0 Å². The average molecular weight is 623 g/mol. The Hall–Kier alpha value is -6.27. The normalized spacial score (nSPS) is 12.2. The minimum Gasteiger partial charge on any atom is -0.502 e. The van der Waals surface area contributed by atoms with Gasteiger partial charge in [-0.25, -0.2) is 0 Å². The molecule has 1 aliphatic heterocycles. The van der Waals surface area contributed by atoms with Crippen LogP contribution in [0.25, 0.3) is 23.3 Å². The third-order valence-electron chi connectivity index (χ3n) is 7.46. The van der Waals surface area contributed by atoms with Gasteiger partial charge in [-0.3, -0.25) is 20.2 Å². The van der Waals surface area contributed by atoms with Gasteiger partial charge in [-0.05, 0) is 83.9 Å².